The van der Waals surface area contributed by atoms with Crippen LogP contribution in [0.4, 0.5) is 0 Å². The van der Waals surface area contributed by atoms with Gasteiger partial charge in [-0.15, -0.1) is 0 Å². The molecular formula is C59H82N18O11. The summed E-state index contributed by atoms with van der Waals surface area (Å²) in [6, 6.07) is 9.26. The molecule has 0 spiro atoms. The molecule has 0 unspecified atom stereocenters. The Morgan fingerprint density at radius 2 is 1.40 bits per heavy atom. The van der Waals surface area contributed by atoms with Crippen molar-refractivity contribution in [2.75, 3.05) is 32.7 Å². The first-order valence-corrected chi connectivity index (χ1v) is 29.4. The van der Waals surface area contributed by atoms with E-state index in [9.17, 15) is 38.4 Å². The predicted octanol–water partition coefficient (Wildman–Crippen LogP) is -2.68. The van der Waals surface area contributed by atoms with Gasteiger partial charge in [0.2, 0.25) is 65.0 Å². The highest BCUT2D eigenvalue weighted by Gasteiger charge is 2.44. The van der Waals surface area contributed by atoms with Crippen molar-refractivity contribution in [2.24, 2.45) is 38.7 Å². The average molecular weight is 1220 g/mol. The SMILES string of the molecule is CCCC[C@H](NC(C)=O)C(=O)N[C@H]1CC(=O)NCCCC[C@@H](C(N)=O)NC(=O)CNC(=O)[C@H](Cc2c[nH]c3ccccc23)NC(=O)[C@H](CCCN=C(N)N)NC(=O)[C@@H](Cc2ccc3ccccc3c2)NC(=O)[C@@H]2C[C@@H](NC(=O)CCN=C(N)N)CN2C1=O. The fraction of sp³-hybridized carbons (Fsp3) is 0.475. The number of hydrogen-bond acceptors (Lipinski definition) is 13. The second-order valence-corrected chi connectivity index (χ2v) is 21.9. The monoisotopic (exact) mass is 1220 g/mol. The van der Waals surface area contributed by atoms with Crippen LogP contribution in [-0.4, -0.2) is 168 Å². The van der Waals surface area contributed by atoms with Gasteiger partial charge in [-0.2, -0.15) is 0 Å². The molecular weight excluding hydrogens is 1140 g/mol. The van der Waals surface area contributed by atoms with Crippen LogP contribution in [0.15, 0.2) is 82.9 Å². The molecule has 474 valence electrons. The average Bonchev–Trinajstić information content (AvgIpc) is 4.06. The van der Waals surface area contributed by atoms with Crippen LogP contribution in [0.5, 0.6) is 0 Å². The first-order chi connectivity index (χ1) is 42.1. The Morgan fingerprint density at radius 3 is 2.12 bits per heavy atom. The predicted molar refractivity (Wildman–Crippen MR) is 327 cm³/mol. The van der Waals surface area contributed by atoms with E-state index in [1.165, 1.54) is 6.92 Å². The highest BCUT2D eigenvalue weighted by molar-refractivity contribution is 6.00. The van der Waals surface area contributed by atoms with Gasteiger partial charge in [0, 0.05) is 69.0 Å². The molecule has 0 aliphatic carbocycles. The van der Waals surface area contributed by atoms with E-state index in [1.807, 2.05) is 61.5 Å². The molecule has 1 aromatic heterocycles. The zero-order valence-electron chi connectivity index (χ0n) is 49.5. The van der Waals surface area contributed by atoms with Gasteiger partial charge in [0.1, 0.15) is 42.3 Å². The maximum absolute atomic E-state index is 15.2. The zero-order valence-corrected chi connectivity index (χ0v) is 49.5. The highest BCUT2D eigenvalue weighted by Crippen LogP contribution is 2.24. The normalized spacial score (nSPS) is 21.6. The molecule has 0 radical (unpaired) electrons. The van der Waals surface area contributed by atoms with Gasteiger partial charge in [0.15, 0.2) is 11.9 Å². The number of aliphatic imine (C=N–C) groups is 2. The third kappa shape index (κ3) is 20.7. The molecule has 2 saturated heterocycles. The van der Waals surface area contributed by atoms with Gasteiger partial charge >= 0.3 is 0 Å². The summed E-state index contributed by atoms with van der Waals surface area (Å²) in [5, 5.41) is 26.6. The van der Waals surface area contributed by atoms with Gasteiger partial charge < -0.3 is 86.4 Å². The Morgan fingerprint density at radius 1 is 0.716 bits per heavy atom. The third-order valence-corrected chi connectivity index (χ3v) is 15.0. The van der Waals surface area contributed by atoms with E-state index >= 15 is 14.4 Å². The van der Waals surface area contributed by atoms with Gasteiger partial charge in [0.05, 0.1) is 19.5 Å². The Balaban J connectivity index is 1.43. The van der Waals surface area contributed by atoms with E-state index < -0.39 is 126 Å². The van der Waals surface area contributed by atoms with Crippen LogP contribution in [0.3, 0.4) is 0 Å². The summed E-state index contributed by atoms with van der Waals surface area (Å²) in [6.45, 7) is 2.00. The van der Waals surface area contributed by atoms with Crippen molar-refractivity contribution in [3.63, 3.8) is 0 Å². The second kappa shape index (κ2) is 33.2. The lowest BCUT2D eigenvalue weighted by molar-refractivity contribution is -0.143. The summed E-state index contributed by atoms with van der Waals surface area (Å²) >= 11 is 0. The number of nitrogens with zero attached hydrogens (tertiary/aromatic N) is 3. The minimum absolute atomic E-state index is 0.00712. The molecule has 8 atom stereocenters. The molecule has 3 heterocycles. The van der Waals surface area contributed by atoms with Crippen LogP contribution >= 0.6 is 0 Å². The molecule has 29 nitrogen and oxygen atoms in total. The fourth-order valence-corrected chi connectivity index (χ4v) is 10.5. The van der Waals surface area contributed by atoms with Gasteiger partial charge in [-0.1, -0.05) is 80.4 Å². The topological polar surface area (TPSA) is 470 Å². The first-order valence-electron chi connectivity index (χ1n) is 29.4. The fourth-order valence-electron chi connectivity index (χ4n) is 10.5. The van der Waals surface area contributed by atoms with Crippen molar-refractivity contribution < 1.29 is 52.7 Å². The van der Waals surface area contributed by atoms with Crippen molar-refractivity contribution >= 4 is 98.6 Å². The summed E-state index contributed by atoms with van der Waals surface area (Å²) in [7, 11) is 0. The van der Waals surface area contributed by atoms with Gasteiger partial charge in [0.25, 0.3) is 0 Å². The molecule has 6 rings (SSSR count). The molecule has 2 aliphatic heterocycles. The molecule has 2 aliphatic rings. The lowest BCUT2D eigenvalue weighted by Gasteiger charge is -2.31. The number of carbonyl (C=O) groups excluding carboxylic acids is 11. The molecule has 88 heavy (non-hydrogen) atoms. The number of rotatable bonds is 19. The number of primary amides is 1. The van der Waals surface area contributed by atoms with E-state index in [2.05, 4.69) is 62.8 Å². The second-order valence-electron chi connectivity index (χ2n) is 21.9. The van der Waals surface area contributed by atoms with Gasteiger partial charge in [-0.25, -0.2) is 0 Å². The highest BCUT2D eigenvalue weighted by atomic mass is 16.2. The molecule has 0 saturated carbocycles. The number of nitrogens with one attached hydrogen (secondary N) is 10. The summed E-state index contributed by atoms with van der Waals surface area (Å²) in [6.07, 6.45) is 2.00. The summed E-state index contributed by atoms with van der Waals surface area (Å²) in [5.74, 6) is -9.16. The molecule has 4 aromatic rings. The van der Waals surface area contributed by atoms with Crippen molar-refractivity contribution in [1.29, 1.82) is 0 Å². The van der Waals surface area contributed by atoms with Crippen LogP contribution < -0.4 is 76.5 Å². The lowest BCUT2D eigenvalue weighted by atomic mass is 9.99. The standard InChI is InChI=1S/C59H82N18O11/c1-3-4-15-42(70-33(2)78)53(84)76-46-29-49(80)65-22-10-9-17-41(51(60)82)72-50(81)31-69-52(83)45(27-37-30-68-40-16-8-7-14-39(37)40)74-54(85)43(18-11-23-66-58(61)62)73-55(86)44(26-34-19-20-35-12-5-6-13-36(35)25-34)75-56(87)47-28-38(32-77(47)57(46)88)71-48(79)21-24-67-59(63)64/h5-8,12-14,16,19-20,25,30,38,41-47,68H,3-4,9-11,15,17-18,21-24,26-29,31-32H2,1-2H3,(H2,60,82)(H,65,80)(H,69,83)(H,70,78)(H,71,79)(H,72,81)(H,73,86)(H,74,85)(H,75,87)(H,76,84)(H4,61,62,66)(H4,63,64,67)/t38-,41+,42+,43+,44-,45+,46+,47+/m1/s1. The number of hydrogen-bond donors (Lipinski definition) is 15. The van der Waals surface area contributed by atoms with E-state index in [-0.39, 0.29) is 102 Å². The number of carbonyl (C=O) groups is 11. The zero-order chi connectivity index (χ0) is 63.9. The molecule has 20 N–H and O–H groups in total. The maximum Gasteiger partial charge on any atom is 0.246 e. The Labute approximate surface area is 508 Å². The lowest BCUT2D eigenvalue weighted by Crippen LogP contribution is -2.60. The van der Waals surface area contributed by atoms with E-state index in [0.29, 0.717) is 24.0 Å². The molecule has 29 heteroatoms. The largest absolute Gasteiger partial charge is 0.370 e. The van der Waals surface area contributed by atoms with Crippen LogP contribution in [-0.2, 0) is 65.6 Å². The Bertz CT molecular complexity index is 3230. The molecule has 11 amide bonds. The van der Waals surface area contributed by atoms with Gasteiger partial charge in [-0.05, 0) is 72.9 Å². The van der Waals surface area contributed by atoms with Crippen molar-refractivity contribution in [3.05, 3.63) is 84.1 Å². The van der Waals surface area contributed by atoms with Gasteiger partial charge in [-0.3, -0.25) is 62.7 Å². The number of H-pyrrole nitrogens is 1. The van der Waals surface area contributed by atoms with Crippen LogP contribution in [0.1, 0.15) is 95.6 Å². The number of aromatic nitrogens is 1. The van der Waals surface area contributed by atoms with E-state index in [1.54, 1.807) is 18.3 Å². The van der Waals surface area contributed by atoms with E-state index in [4.69, 9.17) is 28.7 Å². The molecule has 3 aromatic carbocycles. The summed E-state index contributed by atoms with van der Waals surface area (Å²) < 4.78 is 0. The molecule has 2 fully saturated rings. The summed E-state index contributed by atoms with van der Waals surface area (Å²) in [5.41, 5.74) is 29.9. The number of fused-ring (bicyclic) bond motifs is 3. The maximum atomic E-state index is 15.2. The number of benzene rings is 3. The van der Waals surface area contributed by atoms with Crippen molar-refractivity contribution in [1.82, 2.24) is 57.7 Å². The first kappa shape index (κ1) is 67.3. The van der Waals surface area contributed by atoms with Crippen molar-refractivity contribution in [2.45, 2.75) is 146 Å². The number of para-hydroxylation sites is 1. The minimum atomic E-state index is -1.68. The smallest absolute Gasteiger partial charge is 0.246 e. The number of guanidine groups is 2. The quantitative estimate of drug-likeness (QED) is 0.0259. The summed E-state index contributed by atoms with van der Waals surface area (Å²) in [4.78, 5) is 167. The number of aromatic amines is 1. The van der Waals surface area contributed by atoms with Crippen LogP contribution in [0.25, 0.3) is 21.7 Å². The number of unbranched alkanes of at least 4 members (excludes halogenated alkanes) is 1. The number of amides is 11. The third-order valence-electron chi connectivity index (χ3n) is 15.0. The van der Waals surface area contributed by atoms with Crippen LogP contribution in [0.2, 0.25) is 0 Å². The Hall–Kier alpha value is -9.83. The Kier molecular flexibility index (Phi) is 25.4. The van der Waals surface area contributed by atoms with E-state index in [0.717, 1.165) is 26.6 Å². The molecule has 0 bridgehead atoms. The van der Waals surface area contributed by atoms with Crippen LogP contribution in [0, 0.1) is 0 Å². The van der Waals surface area contributed by atoms with Crippen molar-refractivity contribution in [3.8, 4) is 0 Å². The number of nitrogens with two attached hydrogens (primary N) is 5. The minimum Gasteiger partial charge on any atom is -0.370 e.